The molecule has 0 bridgehead atoms. The molecule has 2 heterocycles. The number of anilines is 1. The van der Waals surface area contributed by atoms with Gasteiger partial charge in [0.05, 0.1) is 0 Å². The summed E-state index contributed by atoms with van der Waals surface area (Å²) in [6.07, 6.45) is 1.03. The first-order chi connectivity index (χ1) is 9.15. The largest absolute Gasteiger partial charge is 0.334 e. The van der Waals surface area contributed by atoms with Crippen LogP contribution in [0.4, 0.5) is 5.82 Å². The van der Waals surface area contributed by atoms with E-state index in [2.05, 4.69) is 34.5 Å². The quantitative estimate of drug-likeness (QED) is 0.587. The Morgan fingerprint density at radius 1 is 1.47 bits per heavy atom. The highest BCUT2D eigenvalue weighted by atomic mass is 16.2. The maximum absolute atomic E-state index is 12.3. The van der Waals surface area contributed by atoms with Gasteiger partial charge in [0, 0.05) is 25.7 Å². The second-order valence-electron chi connectivity index (χ2n) is 4.74. The maximum atomic E-state index is 12.3. The molecule has 0 saturated carbocycles. The first kappa shape index (κ1) is 13.7. The summed E-state index contributed by atoms with van der Waals surface area (Å²) in [6.45, 7) is 4.49. The van der Waals surface area contributed by atoms with Gasteiger partial charge >= 0.3 is 0 Å². The van der Waals surface area contributed by atoms with E-state index in [0.29, 0.717) is 17.6 Å². The van der Waals surface area contributed by atoms with Gasteiger partial charge in [0.25, 0.3) is 5.91 Å². The molecule has 1 aliphatic heterocycles. The Hall–Kier alpha value is -1.73. The molecular formula is C12H20N6O. The Balaban J connectivity index is 2.06. The lowest BCUT2D eigenvalue weighted by Gasteiger charge is -2.38. The number of carbonyl (C=O) groups is 1. The number of piperazine rings is 1. The summed E-state index contributed by atoms with van der Waals surface area (Å²) in [4.78, 5) is 16.5. The van der Waals surface area contributed by atoms with Crippen LogP contribution in [0.1, 0.15) is 23.8 Å². The minimum absolute atomic E-state index is 0.0670. The highest BCUT2D eigenvalue weighted by Crippen LogP contribution is 2.13. The van der Waals surface area contributed by atoms with Gasteiger partial charge in [-0.2, -0.15) is 0 Å². The van der Waals surface area contributed by atoms with Crippen LogP contribution in [0.15, 0.2) is 12.1 Å². The number of nitrogens with zero attached hydrogens (tertiary/aromatic N) is 4. The van der Waals surface area contributed by atoms with Gasteiger partial charge in [-0.25, -0.2) is 5.84 Å². The first-order valence-electron chi connectivity index (χ1n) is 6.45. The molecule has 1 amide bonds. The van der Waals surface area contributed by atoms with Crippen molar-refractivity contribution in [2.45, 2.75) is 19.4 Å². The van der Waals surface area contributed by atoms with Crippen LogP contribution in [0.25, 0.3) is 0 Å². The van der Waals surface area contributed by atoms with Crippen molar-refractivity contribution in [1.29, 1.82) is 0 Å². The zero-order valence-electron chi connectivity index (χ0n) is 11.3. The third-order valence-electron chi connectivity index (χ3n) is 3.57. The van der Waals surface area contributed by atoms with Crippen molar-refractivity contribution >= 4 is 11.7 Å². The Kier molecular flexibility index (Phi) is 4.28. The van der Waals surface area contributed by atoms with E-state index in [1.807, 2.05) is 4.90 Å². The molecule has 7 heteroatoms. The molecule has 0 aliphatic carbocycles. The van der Waals surface area contributed by atoms with Crippen molar-refractivity contribution in [3.63, 3.8) is 0 Å². The number of nitrogens with one attached hydrogen (secondary N) is 1. The number of aromatic nitrogens is 2. The van der Waals surface area contributed by atoms with Crippen molar-refractivity contribution in [3.05, 3.63) is 17.8 Å². The molecule has 1 fully saturated rings. The van der Waals surface area contributed by atoms with Crippen LogP contribution in [0.2, 0.25) is 0 Å². The summed E-state index contributed by atoms with van der Waals surface area (Å²) in [5, 5.41) is 7.72. The summed E-state index contributed by atoms with van der Waals surface area (Å²) in [5.41, 5.74) is 2.75. The lowest BCUT2D eigenvalue weighted by atomic mass is 10.1. The summed E-state index contributed by atoms with van der Waals surface area (Å²) >= 11 is 0. The van der Waals surface area contributed by atoms with Crippen LogP contribution in [0.3, 0.4) is 0 Å². The summed E-state index contributed by atoms with van der Waals surface area (Å²) in [5.74, 6) is 5.60. The fraction of sp³-hybridized carbons (Fsp3) is 0.583. The monoisotopic (exact) mass is 264 g/mol. The van der Waals surface area contributed by atoms with Gasteiger partial charge in [-0.15, -0.1) is 10.2 Å². The van der Waals surface area contributed by atoms with Crippen LogP contribution in [-0.4, -0.2) is 58.6 Å². The Morgan fingerprint density at radius 3 is 2.84 bits per heavy atom. The molecular weight excluding hydrogens is 244 g/mol. The minimum Gasteiger partial charge on any atom is -0.334 e. The minimum atomic E-state index is -0.0670. The molecule has 19 heavy (non-hydrogen) atoms. The van der Waals surface area contributed by atoms with E-state index in [1.54, 1.807) is 12.1 Å². The van der Waals surface area contributed by atoms with E-state index in [-0.39, 0.29) is 5.91 Å². The van der Waals surface area contributed by atoms with Gasteiger partial charge in [0.15, 0.2) is 11.5 Å². The number of amides is 1. The van der Waals surface area contributed by atoms with Crippen LogP contribution in [0.5, 0.6) is 0 Å². The predicted molar refractivity (Wildman–Crippen MR) is 72.5 cm³/mol. The topological polar surface area (TPSA) is 87.4 Å². The molecule has 1 aromatic rings. The molecule has 1 aromatic heterocycles. The summed E-state index contributed by atoms with van der Waals surface area (Å²) in [6, 6.07) is 3.70. The van der Waals surface area contributed by atoms with Crippen molar-refractivity contribution in [2.75, 3.05) is 32.1 Å². The number of nitrogen functional groups attached to an aromatic ring is 1. The maximum Gasteiger partial charge on any atom is 0.274 e. The molecule has 1 unspecified atom stereocenters. The van der Waals surface area contributed by atoms with Crippen molar-refractivity contribution in [1.82, 2.24) is 20.0 Å². The second-order valence-corrected chi connectivity index (χ2v) is 4.74. The average molecular weight is 264 g/mol. The third kappa shape index (κ3) is 2.99. The Morgan fingerprint density at radius 2 is 2.26 bits per heavy atom. The van der Waals surface area contributed by atoms with E-state index >= 15 is 0 Å². The highest BCUT2D eigenvalue weighted by molar-refractivity contribution is 5.92. The Labute approximate surface area is 112 Å². The van der Waals surface area contributed by atoms with Gasteiger partial charge in [-0.1, -0.05) is 6.92 Å². The SMILES string of the molecule is CCC1CN(C(=O)c2ccc(NN)nn2)CCN1C. The van der Waals surface area contributed by atoms with Crippen molar-refractivity contribution < 1.29 is 4.79 Å². The van der Waals surface area contributed by atoms with Crippen LogP contribution < -0.4 is 11.3 Å². The molecule has 1 atom stereocenters. The van der Waals surface area contributed by atoms with Crippen LogP contribution in [0, 0.1) is 0 Å². The molecule has 1 aliphatic rings. The summed E-state index contributed by atoms with van der Waals surface area (Å²) in [7, 11) is 2.09. The smallest absolute Gasteiger partial charge is 0.274 e. The predicted octanol–water partition coefficient (Wildman–Crippen LogP) is -0.0716. The number of carbonyl (C=O) groups excluding carboxylic acids is 1. The lowest BCUT2D eigenvalue weighted by Crippen LogP contribution is -2.53. The second kappa shape index (κ2) is 5.94. The Bertz CT molecular complexity index is 434. The fourth-order valence-electron chi connectivity index (χ4n) is 2.26. The number of rotatable bonds is 3. The highest BCUT2D eigenvalue weighted by Gasteiger charge is 2.27. The van der Waals surface area contributed by atoms with E-state index in [0.717, 1.165) is 26.1 Å². The normalized spacial score (nSPS) is 20.4. The van der Waals surface area contributed by atoms with E-state index in [9.17, 15) is 4.79 Å². The van der Waals surface area contributed by atoms with Crippen LogP contribution >= 0.6 is 0 Å². The fourth-order valence-corrected chi connectivity index (χ4v) is 2.26. The van der Waals surface area contributed by atoms with Gasteiger partial charge in [-0.05, 0) is 25.6 Å². The van der Waals surface area contributed by atoms with E-state index < -0.39 is 0 Å². The third-order valence-corrected chi connectivity index (χ3v) is 3.57. The summed E-state index contributed by atoms with van der Waals surface area (Å²) < 4.78 is 0. The molecule has 0 aromatic carbocycles. The molecule has 7 nitrogen and oxygen atoms in total. The van der Waals surface area contributed by atoms with Gasteiger partial charge < -0.3 is 10.3 Å². The average Bonchev–Trinajstić information content (AvgIpc) is 2.47. The lowest BCUT2D eigenvalue weighted by molar-refractivity contribution is 0.0535. The number of nitrogens with two attached hydrogens (primary N) is 1. The zero-order chi connectivity index (χ0) is 13.8. The number of likely N-dealkylation sites (N-methyl/N-ethyl adjacent to an activating group) is 1. The van der Waals surface area contributed by atoms with Gasteiger partial charge in [0.2, 0.25) is 0 Å². The molecule has 104 valence electrons. The van der Waals surface area contributed by atoms with Gasteiger partial charge in [0.1, 0.15) is 0 Å². The number of hydrogen-bond acceptors (Lipinski definition) is 6. The van der Waals surface area contributed by atoms with Crippen LogP contribution in [-0.2, 0) is 0 Å². The molecule has 3 N–H and O–H groups in total. The number of hydrogen-bond donors (Lipinski definition) is 2. The van der Waals surface area contributed by atoms with Crippen molar-refractivity contribution in [2.24, 2.45) is 5.84 Å². The molecule has 0 spiro atoms. The molecule has 1 saturated heterocycles. The molecule has 2 rings (SSSR count). The van der Waals surface area contributed by atoms with E-state index in [4.69, 9.17) is 5.84 Å². The standard InChI is InChI=1S/C12H20N6O/c1-3-9-8-18(7-6-17(9)2)12(19)10-4-5-11(14-13)16-15-10/h4-5,9H,3,6-8,13H2,1-2H3,(H,14,16). The number of hydrazine groups is 1. The zero-order valence-corrected chi connectivity index (χ0v) is 11.3. The van der Waals surface area contributed by atoms with Crippen molar-refractivity contribution in [3.8, 4) is 0 Å². The van der Waals surface area contributed by atoms with E-state index in [1.165, 1.54) is 0 Å². The first-order valence-corrected chi connectivity index (χ1v) is 6.45. The van der Waals surface area contributed by atoms with Gasteiger partial charge in [-0.3, -0.25) is 9.69 Å². The molecule has 0 radical (unpaired) electrons.